The second kappa shape index (κ2) is 7.32. The summed E-state index contributed by atoms with van der Waals surface area (Å²) in [6.07, 6.45) is 3.61. The van der Waals surface area contributed by atoms with Gasteiger partial charge in [0.15, 0.2) is 0 Å². The van der Waals surface area contributed by atoms with Gasteiger partial charge < -0.3 is 19.1 Å². The van der Waals surface area contributed by atoms with Crippen molar-refractivity contribution in [2.45, 2.75) is 6.54 Å². The number of aromatic nitrogens is 5. The van der Waals surface area contributed by atoms with Crippen molar-refractivity contribution in [1.29, 1.82) is 0 Å². The molecule has 9 nitrogen and oxygen atoms in total. The molecule has 2 fully saturated rings. The number of rotatable bonds is 4. The predicted octanol–water partition coefficient (Wildman–Crippen LogP) is -0.236. The SMILES string of the molecule is Cn1cnnc1CN1CCN(c2nccc(N3CCOCC3)n2)CC1. The summed E-state index contributed by atoms with van der Waals surface area (Å²) >= 11 is 0. The summed E-state index contributed by atoms with van der Waals surface area (Å²) in [5.74, 6) is 2.82. The van der Waals surface area contributed by atoms with Crippen LogP contribution in [-0.2, 0) is 18.3 Å². The normalized spacial score (nSPS) is 19.4. The number of hydrogen-bond acceptors (Lipinski definition) is 8. The van der Waals surface area contributed by atoms with Crippen LogP contribution in [0.3, 0.4) is 0 Å². The Balaban J connectivity index is 1.36. The lowest BCUT2D eigenvalue weighted by atomic mass is 10.3. The molecule has 2 aliphatic heterocycles. The summed E-state index contributed by atoms with van der Waals surface area (Å²) in [5, 5.41) is 8.11. The van der Waals surface area contributed by atoms with E-state index < -0.39 is 0 Å². The van der Waals surface area contributed by atoms with Crippen LogP contribution in [-0.4, -0.2) is 82.1 Å². The van der Waals surface area contributed by atoms with Gasteiger partial charge in [-0.2, -0.15) is 4.98 Å². The molecule has 0 amide bonds. The lowest BCUT2D eigenvalue weighted by Gasteiger charge is -2.35. The Labute approximate surface area is 147 Å². The van der Waals surface area contributed by atoms with Crippen molar-refractivity contribution in [3.05, 3.63) is 24.4 Å². The highest BCUT2D eigenvalue weighted by Gasteiger charge is 2.21. The van der Waals surface area contributed by atoms with Crippen molar-refractivity contribution in [2.24, 2.45) is 7.05 Å². The van der Waals surface area contributed by atoms with Crippen LogP contribution in [0.25, 0.3) is 0 Å². The van der Waals surface area contributed by atoms with Crippen LogP contribution in [0.5, 0.6) is 0 Å². The molecule has 0 atom stereocenters. The molecule has 2 saturated heterocycles. The molecule has 0 unspecified atom stereocenters. The number of aryl methyl sites for hydroxylation is 1. The standard InChI is InChI=1S/C16H24N8O/c1-21-13-18-20-15(21)12-22-4-6-24(7-5-22)16-17-3-2-14(19-16)23-8-10-25-11-9-23/h2-3,13H,4-12H2,1H3. The van der Waals surface area contributed by atoms with Crippen molar-refractivity contribution in [2.75, 3.05) is 62.3 Å². The molecule has 2 aromatic rings. The fraction of sp³-hybridized carbons (Fsp3) is 0.625. The molecule has 0 saturated carbocycles. The van der Waals surface area contributed by atoms with Crippen LogP contribution in [0.4, 0.5) is 11.8 Å². The van der Waals surface area contributed by atoms with E-state index in [0.29, 0.717) is 0 Å². The second-order valence-corrected chi connectivity index (χ2v) is 6.44. The lowest BCUT2D eigenvalue weighted by molar-refractivity contribution is 0.122. The molecular weight excluding hydrogens is 320 g/mol. The van der Waals surface area contributed by atoms with E-state index in [1.54, 1.807) is 6.33 Å². The van der Waals surface area contributed by atoms with Gasteiger partial charge in [0.05, 0.1) is 19.8 Å². The van der Waals surface area contributed by atoms with Crippen molar-refractivity contribution in [3.63, 3.8) is 0 Å². The highest BCUT2D eigenvalue weighted by atomic mass is 16.5. The van der Waals surface area contributed by atoms with Crippen molar-refractivity contribution >= 4 is 11.8 Å². The summed E-state index contributed by atoms with van der Waals surface area (Å²) in [6.45, 7) is 7.92. The first-order valence-electron chi connectivity index (χ1n) is 8.75. The van der Waals surface area contributed by atoms with Gasteiger partial charge in [0.2, 0.25) is 5.95 Å². The molecule has 2 aliphatic rings. The molecule has 25 heavy (non-hydrogen) atoms. The molecular formula is C16H24N8O. The van der Waals surface area contributed by atoms with E-state index in [2.05, 4.69) is 29.9 Å². The molecule has 134 valence electrons. The number of hydrogen-bond donors (Lipinski definition) is 0. The van der Waals surface area contributed by atoms with Gasteiger partial charge in [0, 0.05) is 52.5 Å². The van der Waals surface area contributed by atoms with Gasteiger partial charge in [-0.15, -0.1) is 10.2 Å². The van der Waals surface area contributed by atoms with Crippen LogP contribution in [0.1, 0.15) is 5.82 Å². The van der Waals surface area contributed by atoms with E-state index in [1.165, 1.54) is 0 Å². The molecule has 0 bridgehead atoms. The van der Waals surface area contributed by atoms with E-state index >= 15 is 0 Å². The van der Waals surface area contributed by atoms with E-state index in [4.69, 9.17) is 9.72 Å². The third-order valence-electron chi connectivity index (χ3n) is 4.79. The quantitative estimate of drug-likeness (QED) is 0.753. The van der Waals surface area contributed by atoms with Gasteiger partial charge in [0.25, 0.3) is 0 Å². The van der Waals surface area contributed by atoms with E-state index in [1.807, 2.05) is 23.9 Å². The second-order valence-electron chi connectivity index (χ2n) is 6.44. The summed E-state index contributed by atoms with van der Waals surface area (Å²) in [6, 6.07) is 1.99. The Kier molecular flexibility index (Phi) is 4.75. The molecule has 2 aromatic heterocycles. The summed E-state index contributed by atoms with van der Waals surface area (Å²) in [7, 11) is 1.98. The number of piperazine rings is 1. The van der Waals surface area contributed by atoms with E-state index in [-0.39, 0.29) is 0 Å². The van der Waals surface area contributed by atoms with Crippen LogP contribution >= 0.6 is 0 Å². The number of anilines is 2. The molecule has 0 radical (unpaired) electrons. The fourth-order valence-electron chi connectivity index (χ4n) is 3.22. The zero-order valence-corrected chi connectivity index (χ0v) is 14.6. The number of ether oxygens (including phenoxy) is 1. The molecule has 4 rings (SSSR count). The highest BCUT2D eigenvalue weighted by Crippen LogP contribution is 2.18. The minimum absolute atomic E-state index is 0.764. The maximum atomic E-state index is 5.42. The van der Waals surface area contributed by atoms with Crippen LogP contribution < -0.4 is 9.80 Å². The van der Waals surface area contributed by atoms with Gasteiger partial charge in [0.1, 0.15) is 18.0 Å². The monoisotopic (exact) mass is 344 g/mol. The fourth-order valence-corrected chi connectivity index (χ4v) is 3.22. The molecule has 0 N–H and O–H groups in total. The van der Waals surface area contributed by atoms with Gasteiger partial charge in [-0.25, -0.2) is 4.98 Å². The first kappa shape index (κ1) is 16.2. The topological polar surface area (TPSA) is 75.4 Å². The molecule has 0 spiro atoms. The maximum absolute atomic E-state index is 5.42. The number of morpholine rings is 1. The summed E-state index contributed by atoms with van der Waals surface area (Å²) in [4.78, 5) is 16.2. The molecule has 9 heteroatoms. The van der Waals surface area contributed by atoms with Crippen molar-refractivity contribution < 1.29 is 4.74 Å². The van der Waals surface area contributed by atoms with Crippen molar-refractivity contribution in [3.8, 4) is 0 Å². The molecule has 4 heterocycles. The largest absolute Gasteiger partial charge is 0.378 e. The Bertz CT molecular complexity index is 691. The first-order valence-corrected chi connectivity index (χ1v) is 8.75. The smallest absolute Gasteiger partial charge is 0.227 e. The first-order chi connectivity index (χ1) is 12.3. The van der Waals surface area contributed by atoms with E-state index in [9.17, 15) is 0 Å². The molecule has 0 aliphatic carbocycles. The van der Waals surface area contributed by atoms with E-state index in [0.717, 1.165) is 76.6 Å². The lowest BCUT2D eigenvalue weighted by Crippen LogP contribution is -2.47. The van der Waals surface area contributed by atoms with Crippen LogP contribution in [0.15, 0.2) is 18.6 Å². The Morgan fingerprint density at radius 3 is 2.56 bits per heavy atom. The van der Waals surface area contributed by atoms with Gasteiger partial charge in [-0.05, 0) is 6.07 Å². The van der Waals surface area contributed by atoms with Crippen molar-refractivity contribution in [1.82, 2.24) is 29.6 Å². The summed E-state index contributed by atoms with van der Waals surface area (Å²) < 4.78 is 7.39. The molecule has 0 aromatic carbocycles. The third-order valence-corrected chi connectivity index (χ3v) is 4.79. The third kappa shape index (κ3) is 3.72. The average molecular weight is 344 g/mol. The Hall–Kier alpha value is -2.26. The zero-order valence-electron chi connectivity index (χ0n) is 14.6. The minimum Gasteiger partial charge on any atom is -0.378 e. The van der Waals surface area contributed by atoms with Crippen LogP contribution in [0.2, 0.25) is 0 Å². The minimum atomic E-state index is 0.764. The average Bonchev–Trinajstić information content (AvgIpc) is 3.08. The van der Waals surface area contributed by atoms with Crippen LogP contribution in [0, 0.1) is 0 Å². The number of nitrogens with zero attached hydrogens (tertiary/aromatic N) is 8. The Morgan fingerprint density at radius 1 is 1.04 bits per heavy atom. The highest BCUT2D eigenvalue weighted by molar-refractivity contribution is 5.44. The maximum Gasteiger partial charge on any atom is 0.227 e. The van der Waals surface area contributed by atoms with Gasteiger partial charge in [-0.3, -0.25) is 4.90 Å². The Morgan fingerprint density at radius 2 is 1.84 bits per heavy atom. The van der Waals surface area contributed by atoms with Gasteiger partial charge in [-0.1, -0.05) is 0 Å². The van der Waals surface area contributed by atoms with Gasteiger partial charge >= 0.3 is 0 Å². The summed E-state index contributed by atoms with van der Waals surface area (Å²) in [5.41, 5.74) is 0. The zero-order chi connectivity index (χ0) is 17.1. The predicted molar refractivity (Wildman–Crippen MR) is 93.6 cm³/mol.